The van der Waals surface area contributed by atoms with Crippen molar-refractivity contribution in [1.29, 1.82) is 0 Å². The molecule has 0 aromatic heterocycles. The number of alkyl halides is 1. The van der Waals surface area contributed by atoms with Gasteiger partial charge in [-0.3, -0.25) is 10.1 Å². The van der Waals surface area contributed by atoms with E-state index >= 15 is 0 Å². The van der Waals surface area contributed by atoms with Crippen molar-refractivity contribution < 1.29 is 13.3 Å². The highest BCUT2D eigenvalue weighted by Gasteiger charge is 2.61. The lowest BCUT2D eigenvalue weighted by Gasteiger charge is -2.31. The number of hydrogen-bond donors (Lipinski definition) is 0. The minimum atomic E-state index is -4.15. The van der Waals surface area contributed by atoms with Crippen LogP contribution in [0.15, 0.2) is 24.3 Å². The fourth-order valence-electron chi connectivity index (χ4n) is 2.56. The molecule has 2 rings (SSSR count). The van der Waals surface area contributed by atoms with E-state index in [2.05, 4.69) is 0 Å². The molecular weight excluding hydrogens is 304 g/mol. The van der Waals surface area contributed by atoms with Crippen LogP contribution in [-0.2, 0) is 10.0 Å². The Labute approximate surface area is 123 Å². The summed E-state index contributed by atoms with van der Waals surface area (Å²) in [5, 5.41) is 10.3. The standard InChI is InChI=1S/C12H17ClN2O4S/c13-11-7-3-4-8-12(11,15(16)17)20(18,19)14-9-5-1-2-6-10-14/h3-4,7-8,11H,1-2,5-6,9-10H2. The molecule has 1 aliphatic heterocycles. The number of allylic oxidation sites excluding steroid dienone is 2. The Bertz CT molecular complexity index is 538. The van der Waals surface area contributed by atoms with E-state index in [0.717, 1.165) is 31.8 Å². The zero-order valence-electron chi connectivity index (χ0n) is 10.9. The van der Waals surface area contributed by atoms with Gasteiger partial charge in [0, 0.05) is 19.2 Å². The summed E-state index contributed by atoms with van der Waals surface area (Å²) in [5.41, 5.74) is 0. The molecule has 6 nitrogen and oxygen atoms in total. The van der Waals surface area contributed by atoms with Crippen LogP contribution in [0.3, 0.4) is 0 Å². The third kappa shape index (κ3) is 2.38. The molecule has 0 bridgehead atoms. The second-order valence-electron chi connectivity index (χ2n) is 4.97. The highest BCUT2D eigenvalue weighted by molar-refractivity contribution is 7.90. The van der Waals surface area contributed by atoms with Crippen LogP contribution in [0.2, 0.25) is 0 Å². The number of hydrogen-bond acceptors (Lipinski definition) is 4. The van der Waals surface area contributed by atoms with Gasteiger partial charge in [0.15, 0.2) is 0 Å². The lowest BCUT2D eigenvalue weighted by Crippen LogP contribution is -2.57. The van der Waals surface area contributed by atoms with Crippen LogP contribution >= 0.6 is 11.6 Å². The normalized spacial score (nSPS) is 31.9. The fourth-order valence-corrected chi connectivity index (χ4v) is 5.09. The lowest BCUT2D eigenvalue weighted by atomic mass is 10.1. The quantitative estimate of drug-likeness (QED) is 0.452. The highest BCUT2D eigenvalue weighted by atomic mass is 35.5. The largest absolute Gasteiger partial charge is 0.370 e. The van der Waals surface area contributed by atoms with Crippen molar-refractivity contribution >= 4 is 21.6 Å². The molecule has 0 saturated carbocycles. The molecule has 2 atom stereocenters. The van der Waals surface area contributed by atoms with Gasteiger partial charge in [-0.05, 0) is 12.8 Å². The minimum absolute atomic E-state index is 0.319. The van der Waals surface area contributed by atoms with Gasteiger partial charge in [0.25, 0.3) is 10.0 Å². The van der Waals surface area contributed by atoms with Crippen molar-refractivity contribution in [1.82, 2.24) is 4.31 Å². The topological polar surface area (TPSA) is 80.5 Å². The molecule has 2 unspecified atom stereocenters. The molecule has 0 N–H and O–H groups in total. The third-order valence-corrected chi connectivity index (χ3v) is 6.74. The van der Waals surface area contributed by atoms with Crippen molar-refractivity contribution in [3.63, 3.8) is 0 Å². The Morgan fingerprint density at radius 3 is 2.30 bits per heavy atom. The van der Waals surface area contributed by atoms with E-state index in [1.807, 2.05) is 0 Å². The van der Waals surface area contributed by atoms with Gasteiger partial charge in [0.1, 0.15) is 5.38 Å². The molecule has 0 spiro atoms. The average molecular weight is 321 g/mol. The molecule has 20 heavy (non-hydrogen) atoms. The van der Waals surface area contributed by atoms with Crippen LogP contribution in [0, 0.1) is 10.1 Å². The van der Waals surface area contributed by atoms with Gasteiger partial charge in [0.2, 0.25) is 0 Å². The van der Waals surface area contributed by atoms with Gasteiger partial charge in [-0.25, -0.2) is 8.42 Å². The molecule has 1 aliphatic carbocycles. The predicted octanol–water partition coefficient (Wildman–Crippen LogP) is 1.90. The maximum absolute atomic E-state index is 12.8. The van der Waals surface area contributed by atoms with E-state index < -0.39 is 25.2 Å². The average Bonchev–Trinajstić information content (AvgIpc) is 2.68. The molecule has 0 amide bonds. The third-order valence-electron chi connectivity index (χ3n) is 3.72. The first kappa shape index (κ1) is 15.5. The number of sulfonamides is 1. The summed E-state index contributed by atoms with van der Waals surface area (Å²) in [5.74, 6) is 0. The summed E-state index contributed by atoms with van der Waals surface area (Å²) >= 11 is 5.99. The smallest absolute Gasteiger partial charge is 0.262 e. The molecular formula is C12H17ClN2O4S. The Morgan fingerprint density at radius 1 is 1.20 bits per heavy atom. The first-order chi connectivity index (χ1) is 9.43. The second-order valence-corrected chi connectivity index (χ2v) is 7.56. The van der Waals surface area contributed by atoms with Crippen LogP contribution in [0.4, 0.5) is 0 Å². The molecule has 0 radical (unpaired) electrons. The van der Waals surface area contributed by atoms with Crippen LogP contribution in [0.25, 0.3) is 0 Å². The SMILES string of the molecule is O=[N+]([O-])C1(S(=O)(=O)N2CCCCCC2)C=CC=CC1Cl. The van der Waals surface area contributed by atoms with E-state index in [1.54, 1.807) is 0 Å². The fraction of sp³-hybridized carbons (Fsp3) is 0.667. The highest BCUT2D eigenvalue weighted by Crippen LogP contribution is 2.35. The molecule has 8 heteroatoms. The molecule has 1 heterocycles. The van der Waals surface area contributed by atoms with Gasteiger partial charge < -0.3 is 0 Å². The van der Waals surface area contributed by atoms with Crippen LogP contribution in [0.5, 0.6) is 0 Å². The van der Waals surface area contributed by atoms with Gasteiger partial charge in [-0.15, -0.1) is 11.6 Å². The van der Waals surface area contributed by atoms with Crippen molar-refractivity contribution in [3.8, 4) is 0 Å². The molecule has 0 aromatic rings. The minimum Gasteiger partial charge on any atom is -0.262 e. The monoisotopic (exact) mass is 320 g/mol. The zero-order chi connectivity index (χ0) is 14.8. The van der Waals surface area contributed by atoms with Crippen LogP contribution < -0.4 is 0 Å². The first-order valence-corrected chi connectivity index (χ1v) is 8.45. The van der Waals surface area contributed by atoms with E-state index in [-0.39, 0.29) is 0 Å². The maximum atomic E-state index is 12.8. The van der Waals surface area contributed by atoms with E-state index in [9.17, 15) is 18.5 Å². The molecule has 2 aliphatic rings. The van der Waals surface area contributed by atoms with E-state index in [4.69, 9.17) is 11.6 Å². The predicted molar refractivity (Wildman–Crippen MR) is 76.6 cm³/mol. The van der Waals surface area contributed by atoms with Gasteiger partial charge >= 0.3 is 4.87 Å². The summed E-state index contributed by atoms with van der Waals surface area (Å²) < 4.78 is 26.8. The number of nitro groups is 1. The number of rotatable bonds is 3. The van der Waals surface area contributed by atoms with Gasteiger partial charge in [-0.1, -0.05) is 31.1 Å². The first-order valence-electron chi connectivity index (χ1n) is 6.57. The number of nitrogens with zero attached hydrogens (tertiary/aromatic N) is 2. The van der Waals surface area contributed by atoms with Crippen molar-refractivity contribution in [2.75, 3.05) is 13.1 Å². The Morgan fingerprint density at radius 2 is 1.80 bits per heavy atom. The van der Waals surface area contributed by atoms with E-state index in [0.29, 0.717) is 13.1 Å². The lowest BCUT2D eigenvalue weighted by molar-refractivity contribution is -0.525. The molecule has 1 saturated heterocycles. The summed E-state index contributed by atoms with van der Waals surface area (Å²) in [4.78, 5) is 8.41. The molecule has 112 valence electrons. The Kier molecular flexibility index (Phi) is 4.51. The zero-order valence-corrected chi connectivity index (χ0v) is 12.5. The van der Waals surface area contributed by atoms with Gasteiger partial charge in [0.05, 0.1) is 4.92 Å². The summed E-state index contributed by atoms with van der Waals surface area (Å²) in [6.45, 7) is 0.637. The van der Waals surface area contributed by atoms with Gasteiger partial charge in [-0.2, -0.15) is 4.31 Å². The molecule has 1 fully saturated rings. The number of halogens is 1. The van der Waals surface area contributed by atoms with Crippen LogP contribution in [0.1, 0.15) is 25.7 Å². The summed E-state index contributed by atoms with van der Waals surface area (Å²) in [7, 11) is -4.15. The maximum Gasteiger partial charge on any atom is 0.370 e. The van der Waals surface area contributed by atoms with Crippen LogP contribution in [-0.4, -0.2) is 41.0 Å². The summed E-state index contributed by atoms with van der Waals surface area (Å²) in [6, 6.07) is 0. The van der Waals surface area contributed by atoms with E-state index in [1.165, 1.54) is 22.5 Å². The van der Waals surface area contributed by atoms with Crippen molar-refractivity contribution in [2.24, 2.45) is 0 Å². The Hall–Kier alpha value is -0.920. The summed E-state index contributed by atoms with van der Waals surface area (Å²) in [6.07, 6.45) is 8.66. The Balaban J connectivity index is 2.45. The van der Waals surface area contributed by atoms with Crippen molar-refractivity contribution in [3.05, 3.63) is 34.4 Å². The molecule has 0 aromatic carbocycles. The second kappa shape index (κ2) is 5.83. The van der Waals surface area contributed by atoms with Crippen molar-refractivity contribution in [2.45, 2.75) is 35.9 Å².